The number of ether oxygens (including phenoxy) is 3. The highest BCUT2D eigenvalue weighted by Gasteiger charge is 2.67. The van der Waals surface area contributed by atoms with Crippen LogP contribution in [0, 0.1) is 0 Å². The molecule has 11 nitrogen and oxygen atoms in total. The van der Waals surface area contributed by atoms with E-state index >= 15 is 0 Å². The summed E-state index contributed by atoms with van der Waals surface area (Å²) in [6, 6.07) is 14.5. The Hall–Kier alpha value is -4.93. The molecule has 3 aliphatic heterocycles. The third-order valence-corrected chi connectivity index (χ3v) is 7.74. The number of nitrogens with zero attached hydrogens (tertiary/aromatic N) is 3. The third-order valence-electron chi connectivity index (χ3n) is 7.74. The van der Waals surface area contributed by atoms with Crippen LogP contribution in [0.1, 0.15) is 17.5 Å². The zero-order chi connectivity index (χ0) is 29.3. The molecule has 5 rings (SSSR count). The van der Waals surface area contributed by atoms with E-state index in [1.54, 1.807) is 0 Å². The highest BCUT2D eigenvalue weighted by Crippen LogP contribution is 2.58. The van der Waals surface area contributed by atoms with Gasteiger partial charge in [-0.05, 0) is 23.6 Å². The van der Waals surface area contributed by atoms with Crippen molar-refractivity contribution in [1.29, 1.82) is 0 Å². The zero-order valence-electron chi connectivity index (χ0n) is 23.0. The standard InChI is InChI=1S/C30H30N4O7/c1-5-15-31-29(38)34-21(25(35)39-2)16-30-19-13-9-10-14-20(19)33(17-18-11-7-6-8-12-18)24(30)22(26(36)40-3)23(27(37)41-4)32-28(30)34/h5-14,21,24H,1,15-17H2,2-4H3,(H,31,38)/t21?,24?,30-/m0/s1. The molecule has 0 radical (unpaired) electrons. The van der Waals surface area contributed by atoms with Crippen LogP contribution in [0.3, 0.4) is 0 Å². The van der Waals surface area contributed by atoms with Crippen LogP contribution >= 0.6 is 0 Å². The molecular formula is C30H30N4O7. The first-order valence-corrected chi connectivity index (χ1v) is 13.0. The number of likely N-dealkylation sites (tertiary alicyclic amines) is 1. The molecule has 11 heteroatoms. The number of methoxy groups -OCH3 is 3. The fourth-order valence-electron chi connectivity index (χ4n) is 6.15. The van der Waals surface area contributed by atoms with Gasteiger partial charge in [-0.2, -0.15) is 0 Å². The maximum Gasteiger partial charge on any atom is 0.357 e. The van der Waals surface area contributed by atoms with E-state index in [1.165, 1.54) is 32.3 Å². The molecule has 2 aromatic rings. The van der Waals surface area contributed by atoms with Crippen LogP contribution in [0.15, 0.2) is 83.5 Å². The van der Waals surface area contributed by atoms with Crippen molar-refractivity contribution >= 4 is 35.5 Å². The minimum atomic E-state index is -1.20. The largest absolute Gasteiger partial charge is 0.467 e. The number of esters is 3. The summed E-state index contributed by atoms with van der Waals surface area (Å²) < 4.78 is 15.4. The molecule has 0 bridgehead atoms. The maximum atomic E-state index is 13.6. The van der Waals surface area contributed by atoms with Crippen LogP contribution in [0.25, 0.3) is 0 Å². The number of nitrogens with one attached hydrogen (secondary N) is 1. The van der Waals surface area contributed by atoms with Crippen molar-refractivity contribution in [2.24, 2.45) is 4.99 Å². The van der Waals surface area contributed by atoms with E-state index in [4.69, 9.17) is 14.2 Å². The monoisotopic (exact) mass is 558 g/mol. The number of benzene rings is 2. The van der Waals surface area contributed by atoms with E-state index in [9.17, 15) is 19.2 Å². The van der Waals surface area contributed by atoms with Gasteiger partial charge in [-0.15, -0.1) is 6.58 Å². The van der Waals surface area contributed by atoms with Gasteiger partial charge >= 0.3 is 23.9 Å². The molecule has 212 valence electrons. The number of rotatable bonds is 7. The van der Waals surface area contributed by atoms with Crippen molar-refractivity contribution in [1.82, 2.24) is 10.2 Å². The first kappa shape index (κ1) is 27.6. The van der Waals surface area contributed by atoms with Crippen LogP contribution in [0.5, 0.6) is 0 Å². The lowest BCUT2D eigenvalue weighted by atomic mass is 9.69. The van der Waals surface area contributed by atoms with Gasteiger partial charge in [0, 0.05) is 18.8 Å². The second-order valence-corrected chi connectivity index (χ2v) is 9.77. The zero-order valence-corrected chi connectivity index (χ0v) is 23.0. The normalized spacial score (nSPS) is 22.2. The minimum Gasteiger partial charge on any atom is -0.467 e. The third kappa shape index (κ3) is 4.24. The highest BCUT2D eigenvalue weighted by molar-refractivity contribution is 6.17. The van der Waals surface area contributed by atoms with Crippen molar-refractivity contribution in [2.75, 3.05) is 32.8 Å². The second-order valence-electron chi connectivity index (χ2n) is 9.77. The molecule has 1 fully saturated rings. The molecular weight excluding hydrogens is 528 g/mol. The van der Waals surface area contributed by atoms with E-state index in [-0.39, 0.29) is 30.1 Å². The highest BCUT2D eigenvalue weighted by atomic mass is 16.5. The summed E-state index contributed by atoms with van der Waals surface area (Å²) in [7, 11) is 3.64. The fraction of sp³-hybridized carbons (Fsp3) is 0.300. The van der Waals surface area contributed by atoms with Crippen LogP contribution in [0.2, 0.25) is 0 Å². The summed E-state index contributed by atoms with van der Waals surface area (Å²) in [5.41, 5.74) is 0.934. The van der Waals surface area contributed by atoms with Crippen molar-refractivity contribution in [3.05, 3.63) is 89.6 Å². The van der Waals surface area contributed by atoms with Crippen LogP contribution in [-0.4, -0.2) is 74.6 Å². The SMILES string of the molecule is C=CCNC(=O)N1C2=NC(C(=O)OC)=C(C(=O)OC)C3N(Cc4ccccc4)c4ccccc4[C@]23CC1C(=O)OC. The molecule has 0 aromatic heterocycles. The molecule has 3 atom stereocenters. The molecule has 41 heavy (non-hydrogen) atoms. The van der Waals surface area contributed by atoms with E-state index in [2.05, 4.69) is 16.9 Å². The number of aliphatic imine (C=N–C) groups is 1. The summed E-state index contributed by atoms with van der Waals surface area (Å²) in [5.74, 6) is -2.18. The van der Waals surface area contributed by atoms with Crippen molar-refractivity contribution in [3.8, 4) is 0 Å². The average molecular weight is 559 g/mol. The smallest absolute Gasteiger partial charge is 0.357 e. The quantitative estimate of drug-likeness (QED) is 0.312. The van der Waals surface area contributed by atoms with Gasteiger partial charge in [0.05, 0.1) is 38.4 Å². The number of amidine groups is 1. The molecule has 1 N–H and O–H groups in total. The maximum absolute atomic E-state index is 13.6. The van der Waals surface area contributed by atoms with Gasteiger partial charge in [0.2, 0.25) is 0 Å². The Bertz CT molecular complexity index is 1480. The summed E-state index contributed by atoms with van der Waals surface area (Å²) >= 11 is 0. The topological polar surface area (TPSA) is 127 Å². The second kappa shape index (κ2) is 10.9. The number of carbonyl (C=O) groups is 4. The lowest BCUT2D eigenvalue weighted by molar-refractivity contribution is -0.144. The number of anilines is 1. The Balaban J connectivity index is 1.83. The molecule has 0 saturated carbocycles. The molecule has 2 amide bonds. The number of hydrogen-bond donors (Lipinski definition) is 1. The van der Waals surface area contributed by atoms with Crippen molar-refractivity contribution in [3.63, 3.8) is 0 Å². The summed E-state index contributed by atoms with van der Waals surface area (Å²) in [4.78, 5) is 61.4. The summed E-state index contributed by atoms with van der Waals surface area (Å²) in [5, 5.41) is 2.71. The van der Waals surface area contributed by atoms with Gasteiger partial charge in [0.1, 0.15) is 11.9 Å². The number of carbonyl (C=O) groups excluding carboxylic acids is 4. The molecule has 0 aliphatic carbocycles. The van der Waals surface area contributed by atoms with Crippen LogP contribution in [0.4, 0.5) is 10.5 Å². The molecule has 2 unspecified atom stereocenters. The molecule has 2 aromatic carbocycles. The van der Waals surface area contributed by atoms with Crippen molar-refractivity contribution < 1.29 is 33.4 Å². The Morgan fingerprint density at radius 3 is 2.34 bits per heavy atom. The number of hydrogen-bond acceptors (Lipinski definition) is 9. The van der Waals surface area contributed by atoms with E-state index in [1.807, 2.05) is 59.5 Å². The van der Waals surface area contributed by atoms with E-state index in [0.29, 0.717) is 6.54 Å². The van der Waals surface area contributed by atoms with E-state index in [0.717, 1.165) is 16.8 Å². The molecule has 3 heterocycles. The van der Waals surface area contributed by atoms with Crippen LogP contribution < -0.4 is 10.2 Å². The lowest BCUT2D eigenvalue weighted by Gasteiger charge is -2.40. The van der Waals surface area contributed by atoms with Gasteiger partial charge in [0.25, 0.3) is 0 Å². The fourth-order valence-corrected chi connectivity index (χ4v) is 6.15. The van der Waals surface area contributed by atoms with Gasteiger partial charge in [0.15, 0.2) is 5.70 Å². The lowest BCUT2D eigenvalue weighted by Crippen LogP contribution is -2.56. The first-order chi connectivity index (χ1) is 19.8. The Morgan fingerprint density at radius 2 is 1.68 bits per heavy atom. The van der Waals surface area contributed by atoms with E-state index < -0.39 is 41.4 Å². The number of urea groups is 1. The van der Waals surface area contributed by atoms with Gasteiger partial charge in [-0.1, -0.05) is 54.6 Å². The van der Waals surface area contributed by atoms with Gasteiger partial charge in [-0.3, -0.25) is 4.90 Å². The summed E-state index contributed by atoms with van der Waals surface area (Å²) in [6.45, 7) is 4.11. The predicted octanol–water partition coefficient (Wildman–Crippen LogP) is 2.47. The van der Waals surface area contributed by atoms with Crippen molar-refractivity contribution in [2.45, 2.75) is 30.5 Å². The molecule has 1 spiro atoms. The summed E-state index contributed by atoms with van der Waals surface area (Å²) in [6.07, 6.45) is 1.55. The average Bonchev–Trinajstić information content (AvgIpc) is 3.50. The number of fused-ring (bicyclic) bond motifs is 1. The minimum absolute atomic E-state index is 0.0211. The molecule has 3 aliphatic rings. The first-order valence-electron chi connectivity index (χ1n) is 13.0. The Morgan fingerprint density at radius 1 is 1.00 bits per heavy atom. The number of amides is 2. The Kier molecular flexibility index (Phi) is 7.36. The van der Waals surface area contributed by atoms with Crippen LogP contribution in [-0.2, 0) is 40.6 Å². The molecule has 1 saturated heterocycles. The number of para-hydroxylation sites is 1. The Labute approximate surface area is 237 Å². The van der Waals surface area contributed by atoms with Gasteiger partial charge < -0.3 is 24.4 Å². The van der Waals surface area contributed by atoms with Gasteiger partial charge in [-0.25, -0.2) is 24.2 Å². The predicted molar refractivity (Wildman–Crippen MR) is 149 cm³/mol.